The molecule has 90 valence electrons. The summed E-state index contributed by atoms with van der Waals surface area (Å²) in [7, 11) is 0. The lowest BCUT2D eigenvalue weighted by Crippen LogP contribution is -2.02. The number of aromatic nitrogens is 1. The first-order valence-electron chi connectivity index (χ1n) is 5.78. The molecular weight excluding hydrogens is 214 g/mol. The Morgan fingerprint density at radius 3 is 2.47 bits per heavy atom. The van der Waals surface area contributed by atoms with Crippen LogP contribution in [0.3, 0.4) is 0 Å². The normalized spacial score (nSPS) is 11.4. The van der Waals surface area contributed by atoms with Crippen molar-refractivity contribution in [3.05, 3.63) is 35.0 Å². The van der Waals surface area contributed by atoms with Crippen molar-refractivity contribution in [2.45, 2.75) is 33.7 Å². The van der Waals surface area contributed by atoms with Crippen LogP contribution >= 0.6 is 0 Å². The van der Waals surface area contributed by atoms with Gasteiger partial charge in [-0.05, 0) is 51.5 Å². The topological polar surface area (TPSA) is 42.2 Å². The van der Waals surface area contributed by atoms with Gasteiger partial charge in [-0.15, -0.1) is 0 Å². The van der Waals surface area contributed by atoms with Gasteiger partial charge in [0.1, 0.15) is 0 Å². The first-order valence-corrected chi connectivity index (χ1v) is 5.78. The highest BCUT2D eigenvalue weighted by Crippen LogP contribution is 2.29. The van der Waals surface area contributed by atoms with Crippen LogP contribution in [-0.4, -0.2) is 15.6 Å². The van der Waals surface area contributed by atoms with E-state index in [-0.39, 0.29) is 0 Å². The maximum Gasteiger partial charge on any atom is 0.335 e. The zero-order chi connectivity index (χ0) is 12.7. The van der Waals surface area contributed by atoms with E-state index in [9.17, 15) is 4.79 Å². The number of fused-ring (bicyclic) bond motifs is 1. The zero-order valence-electron chi connectivity index (χ0n) is 10.6. The molecule has 0 saturated heterocycles. The third kappa shape index (κ3) is 1.71. The number of aromatic carboxylic acids is 1. The molecule has 1 aromatic heterocycles. The van der Waals surface area contributed by atoms with Crippen LogP contribution in [0.5, 0.6) is 0 Å². The highest BCUT2D eigenvalue weighted by Gasteiger charge is 2.14. The lowest BCUT2D eigenvalue weighted by atomic mass is 10.1. The van der Waals surface area contributed by atoms with E-state index in [2.05, 4.69) is 25.3 Å². The molecule has 0 saturated carbocycles. The minimum atomic E-state index is -0.874. The van der Waals surface area contributed by atoms with Gasteiger partial charge in [-0.2, -0.15) is 0 Å². The van der Waals surface area contributed by atoms with Crippen LogP contribution in [0.25, 0.3) is 10.9 Å². The fourth-order valence-electron chi connectivity index (χ4n) is 2.40. The molecule has 0 unspecified atom stereocenters. The van der Waals surface area contributed by atoms with Crippen LogP contribution in [-0.2, 0) is 0 Å². The van der Waals surface area contributed by atoms with Crippen LogP contribution in [0.15, 0.2) is 18.2 Å². The maximum atomic E-state index is 11.0. The Morgan fingerprint density at radius 2 is 1.94 bits per heavy atom. The molecule has 0 spiro atoms. The molecule has 2 rings (SSSR count). The maximum absolute atomic E-state index is 11.0. The minimum Gasteiger partial charge on any atom is -0.478 e. The van der Waals surface area contributed by atoms with Crippen molar-refractivity contribution in [1.29, 1.82) is 0 Å². The Balaban J connectivity index is 2.81. The number of hydrogen-bond donors (Lipinski definition) is 1. The molecule has 0 aliphatic heterocycles. The number of benzene rings is 1. The number of hydrogen-bond acceptors (Lipinski definition) is 1. The van der Waals surface area contributed by atoms with E-state index in [1.165, 1.54) is 5.69 Å². The fraction of sp³-hybridized carbons (Fsp3) is 0.357. The van der Waals surface area contributed by atoms with Crippen molar-refractivity contribution < 1.29 is 9.90 Å². The largest absolute Gasteiger partial charge is 0.478 e. The van der Waals surface area contributed by atoms with E-state index in [0.717, 1.165) is 16.5 Å². The minimum absolute atomic E-state index is 0.349. The lowest BCUT2D eigenvalue weighted by molar-refractivity contribution is 0.0697. The number of aryl methyl sites for hydroxylation is 1. The number of carboxylic acid groups (broad SMARTS) is 1. The standard InChI is InChI=1S/C14H17NO2/c1-8(2)15-10(4)9(3)12-7-11(14(16)17)5-6-13(12)15/h5-8H,1-4H3,(H,16,17). The number of carboxylic acids is 1. The summed E-state index contributed by atoms with van der Waals surface area (Å²) in [6.45, 7) is 8.39. The predicted octanol–water partition coefficient (Wildman–Crippen LogP) is 3.54. The monoisotopic (exact) mass is 231 g/mol. The number of carbonyl (C=O) groups is 1. The van der Waals surface area contributed by atoms with Gasteiger partial charge in [0.05, 0.1) is 5.56 Å². The first kappa shape index (κ1) is 11.7. The lowest BCUT2D eigenvalue weighted by Gasteiger charge is -2.12. The summed E-state index contributed by atoms with van der Waals surface area (Å²) in [5.74, 6) is -0.874. The molecule has 0 aliphatic carbocycles. The van der Waals surface area contributed by atoms with Crippen molar-refractivity contribution in [1.82, 2.24) is 4.57 Å². The second-order valence-corrected chi connectivity index (χ2v) is 4.71. The molecule has 0 amide bonds. The van der Waals surface area contributed by atoms with Crippen molar-refractivity contribution in [2.75, 3.05) is 0 Å². The van der Waals surface area contributed by atoms with Crippen molar-refractivity contribution >= 4 is 16.9 Å². The first-order chi connectivity index (χ1) is 7.93. The van der Waals surface area contributed by atoms with E-state index < -0.39 is 5.97 Å². The smallest absolute Gasteiger partial charge is 0.335 e. The molecule has 3 nitrogen and oxygen atoms in total. The van der Waals surface area contributed by atoms with E-state index in [4.69, 9.17) is 5.11 Å². The van der Waals surface area contributed by atoms with E-state index in [1.54, 1.807) is 12.1 Å². The van der Waals surface area contributed by atoms with Crippen molar-refractivity contribution in [2.24, 2.45) is 0 Å². The summed E-state index contributed by atoms with van der Waals surface area (Å²) >= 11 is 0. The summed E-state index contributed by atoms with van der Waals surface area (Å²) in [6, 6.07) is 5.71. The average Bonchev–Trinajstić information content (AvgIpc) is 2.51. The van der Waals surface area contributed by atoms with E-state index in [0.29, 0.717) is 11.6 Å². The molecule has 1 N–H and O–H groups in total. The Labute approximate surface area is 101 Å². The summed E-state index contributed by atoms with van der Waals surface area (Å²) in [5, 5.41) is 10.1. The van der Waals surface area contributed by atoms with Crippen LogP contribution in [0, 0.1) is 13.8 Å². The van der Waals surface area contributed by atoms with Gasteiger partial charge in [0.25, 0.3) is 0 Å². The van der Waals surface area contributed by atoms with Gasteiger partial charge < -0.3 is 9.67 Å². The van der Waals surface area contributed by atoms with Crippen LogP contribution in [0.1, 0.15) is 41.5 Å². The van der Waals surface area contributed by atoms with Gasteiger partial charge in [-0.25, -0.2) is 4.79 Å². The second kappa shape index (κ2) is 3.91. The zero-order valence-corrected chi connectivity index (χ0v) is 10.6. The van der Waals surface area contributed by atoms with Crippen LogP contribution < -0.4 is 0 Å². The molecule has 0 atom stereocenters. The summed E-state index contributed by atoms with van der Waals surface area (Å²) in [5.41, 5.74) is 3.83. The number of nitrogens with zero attached hydrogens (tertiary/aromatic N) is 1. The highest BCUT2D eigenvalue weighted by atomic mass is 16.4. The molecule has 1 aromatic carbocycles. The van der Waals surface area contributed by atoms with Crippen molar-refractivity contribution in [3.63, 3.8) is 0 Å². The molecule has 0 radical (unpaired) electrons. The average molecular weight is 231 g/mol. The van der Waals surface area contributed by atoms with Crippen molar-refractivity contribution in [3.8, 4) is 0 Å². The fourth-order valence-corrected chi connectivity index (χ4v) is 2.40. The summed E-state index contributed by atoms with van der Waals surface area (Å²) < 4.78 is 2.25. The Kier molecular flexibility index (Phi) is 2.69. The molecule has 0 aliphatic rings. The molecule has 2 aromatic rings. The van der Waals surface area contributed by atoms with Gasteiger partial charge in [0.15, 0.2) is 0 Å². The van der Waals surface area contributed by atoms with Crippen LogP contribution in [0.2, 0.25) is 0 Å². The van der Waals surface area contributed by atoms with E-state index in [1.807, 2.05) is 13.0 Å². The predicted molar refractivity (Wildman–Crippen MR) is 68.8 cm³/mol. The molecule has 3 heteroatoms. The summed E-state index contributed by atoms with van der Waals surface area (Å²) in [6.07, 6.45) is 0. The van der Waals surface area contributed by atoms with Gasteiger partial charge in [-0.1, -0.05) is 0 Å². The third-order valence-electron chi connectivity index (χ3n) is 3.33. The number of rotatable bonds is 2. The van der Waals surface area contributed by atoms with Crippen LogP contribution in [0.4, 0.5) is 0 Å². The van der Waals surface area contributed by atoms with Gasteiger partial charge in [-0.3, -0.25) is 0 Å². The Bertz CT molecular complexity index is 594. The molecule has 1 heterocycles. The molecule has 17 heavy (non-hydrogen) atoms. The quantitative estimate of drug-likeness (QED) is 0.859. The second-order valence-electron chi connectivity index (χ2n) is 4.71. The Morgan fingerprint density at radius 1 is 1.29 bits per heavy atom. The Hall–Kier alpha value is -1.77. The molecule has 0 fully saturated rings. The summed E-state index contributed by atoms with van der Waals surface area (Å²) in [4.78, 5) is 11.0. The third-order valence-corrected chi connectivity index (χ3v) is 3.33. The molecular formula is C14H17NO2. The highest BCUT2D eigenvalue weighted by molar-refractivity contribution is 5.95. The van der Waals surface area contributed by atoms with Gasteiger partial charge >= 0.3 is 5.97 Å². The van der Waals surface area contributed by atoms with Gasteiger partial charge in [0.2, 0.25) is 0 Å². The SMILES string of the molecule is Cc1c(C)n(C(C)C)c2ccc(C(=O)O)cc12. The van der Waals surface area contributed by atoms with Gasteiger partial charge in [0, 0.05) is 22.6 Å². The van der Waals surface area contributed by atoms with E-state index >= 15 is 0 Å². The molecule has 0 bridgehead atoms.